The largest absolute Gasteiger partial charge is 0.485 e. The van der Waals surface area contributed by atoms with E-state index in [0.29, 0.717) is 26.2 Å². The van der Waals surface area contributed by atoms with Crippen LogP contribution in [0.15, 0.2) is 97.1 Å². The van der Waals surface area contributed by atoms with Crippen LogP contribution in [0.5, 0.6) is 23.0 Å². The second-order valence-electron chi connectivity index (χ2n) is 13.3. The van der Waals surface area contributed by atoms with Crippen molar-refractivity contribution >= 4 is 5.91 Å². The number of carbonyl (C=O) groups is 1. The normalized spacial score (nSPS) is 23.3. The lowest BCUT2D eigenvalue weighted by Gasteiger charge is -2.31. The molecular formula is C40H44FN3O5. The highest BCUT2D eigenvalue weighted by atomic mass is 19.1. The summed E-state index contributed by atoms with van der Waals surface area (Å²) in [4.78, 5) is 15.9. The van der Waals surface area contributed by atoms with Gasteiger partial charge < -0.3 is 24.7 Å². The van der Waals surface area contributed by atoms with Crippen LogP contribution in [0.3, 0.4) is 0 Å². The third-order valence-electron chi connectivity index (χ3n) is 9.66. The Balaban J connectivity index is 0.000000155. The summed E-state index contributed by atoms with van der Waals surface area (Å²) in [6, 6.07) is 32.3. The highest BCUT2D eigenvalue weighted by Crippen LogP contribution is 2.37. The highest BCUT2D eigenvalue weighted by Gasteiger charge is 2.26. The van der Waals surface area contributed by atoms with Gasteiger partial charge in [0.25, 0.3) is 0 Å². The van der Waals surface area contributed by atoms with E-state index in [1.165, 1.54) is 11.1 Å². The fourth-order valence-corrected chi connectivity index (χ4v) is 6.92. The van der Waals surface area contributed by atoms with Gasteiger partial charge in [-0.2, -0.15) is 0 Å². The number of rotatable bonds is 7. The third kappa shape index (κ3) is 8.35. The molecule has 4 atom stereocenters. The number of ether oxygens (including phenoxy) is 4. The number of likely N-dealkylation sites (tertiary alicyclic amines) is 2. The van der Waals surface area contributed by atoms with Crippen LogP contribution < -0.4 is 24.7 Å². The summed E-state index contributed by atoms with van der Waals surface area (Å²) < 4.78 is 36.9. The molecule has 4 aliphatic heterocycles. The molecule has 2 N–H and O–H groups in total. The molecule has 0 saturated carbocycles. The Bertz CT molecular complexity index is 1700. The van der Waals surface area contributed by atoms with Crippen molar-refractivity contribution in [3.05, 3.63) is 119 Å². The fourth-order valence-electron chi connectivity index (χ4n) is 6.92. The molecule has 0 spiro atoms. The maximum Gasteiger partial charge on any atom is 0.221 e. The van der Waals surface area contributed by atoms with Crippen molar-refractivity contribution in [2.75, 3.05) is 39.4 Å². The number of hydrogen-bond acceptors (Lipinski definition) is 7. The molecule has 4 aromatic rings. The van der Waals surface area contributed by atoms with Gasteiger partial charge >= 0.3 is 0 Å². The monoisotopic (exact) mass is 665 g/mol. The summed E-state index contributed by atoms with van der Waals surface area (Å²) in [5.74, 6) is 2.98. The zero-order valence-electron chi connectivity index (χ0n) is 27.7. The van der Waals surface area contributed by atoms with Gasteiger partial charge in [-0.15, -0.1) is 0 Å². The lowest BCUT2D eigenvalue weighted by atomic mass is 9.97. The average Bonchev–Trinajstić information content (AvgIpc) is 3.56. The van der Waals surface area contributed by atoms with Gasteiger partial charge in [0.05, 0.1) is 5.92 Å². The molecule has 8 nitrogen and oxygen atoms in total. The van der Waals surface area contributed by atoms with Gasteiger partial charge in [-0.05, 0) is 72.3 Å². The Morgan fingerprint density at radius 2 is 1.14 bits per heavy atom. The minimum absolute atomic E-state index is 0.0177. The quantitative estimate of drug-likeness (QED) is 0.237. The molecule has 3 unspecified atom stereocenters. The number of halogens is 1. The zero-order chi connectivity index (χ0) is 33.6. The molecule has 1 amide bonds. The van der Waals surface area contributed by atoms with Gasteiger partial charge in [0, 0.05) is 32.7 Å². The Morgan fingerprint density at radius 3 is 1.61 bits per heavy atom. The van der Waals surface area contributed by atoms with Crippen molar-refractivity contribution in [3.63, 3.8) is 0 Å². The molecule has 0 aromatic heterocycles. The van der Waals surface area contributed by atoms with E-state index in [1.54, 1.807) is 0 Å². The minimum Gasteiger partial charge on any atom is -0.485 e. The standard InChI is InChI=1S/C21H24N2O3.C19H20FNO2/c22-21(24)17-4-3-11-23(13-17)12-15-7-9-16(10-8-15)20-14-25-18-5-1-2-6-19(18)26-20;20-16-9-10-21(12-16)11-14-5-7-15(8-6-14)19-13-22-17-3-1-2-4-18(17)23-19/h1-2,5-10,17,20H,3-4,11-14H2,(H2,22,24);1-8,16,19H,9-13H2/t;16-,19?/m.0/s1. The van der Waals surface area contributed by atoms with Crippen molar-refractivity contribution in [2.45, 2.75) is 50.7 Å². The van der Waals surface area contributed by atoms with Crippen LogP contribution >= 0.6 is 0 Å². The molecule has 4 heterocycles. The van der Waals surface area contributed by atoms with Crippen LogP contribution in [-0.2, 0) is 17.9 Å². The fraction of sp³-hybridized carbons (Fsp3) is 0.375. The molecule has 0 radical (unpaired) electrons. The maximum absolute atomic E-state index is 13.2. The number of primary amides is 1. The minimum atomic E-state index is -0.665. The number of para-hydroxylation sites is 4. The summed E-state index contributed by atoms with van der Waals surface area (Å²) in [6.45, 7) is 5.86. The van der Waals surface area contributed by atoms with E-state index in [0.717, 1.165) is 79.7 Å². The summed E-state index contributed by atoms with van der Waals surface area (Å²) in [7, 11) is 0. The number of nitrogens with zero attached hydrogens (tertiary/aromatic N) is 2. The van der Waals surface area contributed by atoms with Crippen molar-refractivity contribution in [1.29, 1.82) is 0 Å². The van der Waals surface area contributed by atoms with Gasteiger partial charge in [-0.3, -0.25) is 14.6 Å². The van der Waals surface area contributed by atoms with E-state index >= 15 is 0 Å². The van der Waals surface area contributed by atoms with Gasteiger partial charge in [-0.1, -0.05) is 72.8 Å². The molecule has 49 heavy (non-hydrogen) atoms. The Labute approximate surface area is 287 Å². The Morgan fingerprint density at radius 1 is 0.653 bits per heavy atom. The lowest BCUT2D eigenvalue weighted by Crippen LogP contribution is -2.40. The number of alkyl halides is 1. The van der Waals surface area contributed by atoms with Crippen LogP contribution in [0.25, 0.3) is 0 Å². The summed E-state index contributed by atoms with van der Waals surface area (Å²) in [5, 5.41) is 0. The maximum atomic E-state index is 13.2. The molecule has 0 aliphatic carbocycles. The first-order valence-corrected chi connectivity index (χ1v) is 17.3. The predicted octanol–water partition coefficient (Wildman–Crippen LogP) is 6.64. The van der Waals surface area contributed by atoms with Gasteiger partial charge in [0.1, 0.15) is 19.4 Å². The molecule has 256 valence electrons. The second kappa shape index (κ2) is 15.3. The van der Waals surface area contributed by atoms with E-state index in [4.69, 9.17) is 24.7 Å². The topological polar surface area (TPSA) is 86.5 Å². The summed E-state index contributed by atoms with van der Waals surface area (Å²) in [6.07, 6.45) is 1.75. The van der Waals surface area contributed by atoms with E-state index in [1.807, 2.05) is 48.5 Å². The van der Waals surface area contributed by atoms with E-state index in [9.17, 15) is 9.18 Å². The number of hydrogen-bond donors (Lipinski definition) is 1. The van der Waals surface area contributed by atoms with Gasteiger partial charge in [-0.25, -0.2) is 4.39 Å². The number of nitrogens with two attached hydrogens (primary N) is 1. The Kier molecular flexibility index (Phi) is 10.3. The molecule has 2 saturated heterocycles. The summed E-state index contributed by atoms with van der Waals surface area (Å²) >= 11 is 0. The van der Waals surface area contributed by atoms with E-state index < -0.39 is 6.17 Å². The molecule has 0 bridgehead atoms. The molecule has 8 rings (SSSR count). The van der Waals surface area contributed by atoms with Gasteiger partial charge in [0.2, 0.25) is 5.91 Å². The van der Waals surface area contributed by atoms with Crippen LogP contribution in [0.1, 0.15) is 53.7 Å². The predicted molar refractivity (Wildman–Crippen MR) is 185 cm³/mol. The van der Waals surface area contributed by atoms with Crippen LogP contribution in [0.4, 0.5) is 4.39 Å². The van der Waals surface area contributed by atoms with Crippen molar-refractivity contribution in [2.24, 2.45) is 11.7 Å². The first-order valence-electron chi connectivity index (χ1n) is 17.3. The van der Waals surface area contributed by atoms with Crippen LogP contribution in [0.2, 0.25) is 0 Å². The summed E-state index contributed by atoms with van der Waals surface area (Å²) in [5.41, 5.74) is 10.1. The van der Waals surface area contributed by atoms with Crippen molar-refractivity contribution < 1.29 is 28.1 Å². The lowest BCUT2D eigenvalue weighted by molar-refractivity contribution is -0.123. The Hall–Kier alpha value is -4.60. The average molecular weight is 666 g/mol. The molecule has 9 heteroatoms. The second-order valence-corrected chi connectivity index (χ2v) is 13.3. The van der Waals surface area contributed by atoms with Crippen molar-refractivity contribution in [1.82, 2.24) is 9.80 Å². The van der Waals surface area contributed by atoms with E-state index in [-0.39, 0.29) is 24.0 Å². The van der Waals surface area contributed by atoms with Crippen LogP contribution in [0, 0.1) is 5.92 Å². The zero-order valence-corrected chi connectivity index (χ0v) is 27.7. The SMILES string of the molecule is F[C@H]1CCN(Cc2ccc(C3COc4ccccc4O3)cc2)C1.NC(=O)C1CCCN(Cc2ccc(C3COc4ccccc4O3)cc2)C1. The number of amides is 1. The molecule has 4 aromatic carbocycles. The highest BCUT2D eigenvalue weighted by molar-refractivity contribution is 5.76. The van der Waals surface area contributed by atoms with Gasteiger partial charge in [0.15, 0.2) is 35.2 Å². The number of benzene rings is 4. The van der Waals surface area contributed by atoms with Crippen molar-refractivity contribution in [3.8, 4) is 23.0 Å². The number of fused-ring (bicyclic) bond motifs is 2. The molecule has 2 fully saturated rings. The smallest absolute Gasteiger partial charge is 0.221 e. The number of carbonyl (C=O) groups excluding carboxylic acids is 1. The van der Waals surface area contributed by atoms with E-state index in [2.05, 4.69) is 58.3 Å². The first-order chi connectivity index (χ1) is 24.0. The molecular weight excluding hydrogens is 621 g/mol. The number of piperidine rings is 1. The first kappa shape index (κ1) is 32.9. The third-order valence-corrected chi connectivity index (χ3v) is 9.66. The van der Waals surface area contributed by atoms with Crippen LogP contribution in [-0.4, -0.2) is 61.3 Å². The molecule has 4 aliphatic rings.